The Labute approximate surface area is 838 Å². The number of amides is 3. The van der Waals surface area contributed by atoms with Crippen LogP contribution >= 0.6 is 38.6 Å². The lowest BCUT2D eigenvalue weighted by Crippen LogP contribution is -2.60. The van der Waals surface area contributed by atoms with Crippen LogP contribution in [0.4, 0.5) is 34.5 Å². The van der Waals surface area contributed by atoms with Crippen molar-refractivity contribution in [1.82, 2.24) is 64.2 Å². The number of hydrogen-bond acceptors (Lipinski definition) is 23. The number of benzene rings is 6. The molecule has 8 fully saturated rings. The first-order valence-electron chi connectivity index (χ1n) is 49.0. The van der Waals surface area contributed by atoms with Gasteiger partial charge in [0.2, 0.25) is 37.4 Å². The maximum atomic E-state index is 13.4. The van der Waals surface area contributed by atoms with Crippen LogP contribution < -0.4 is 43.6 Å². The van der Waals surface area contributed by atoms with Gasteiger partial charge in [0.15, 0.2) is 0 Å². The van der Waals surface area contributed by atoms with Gasteiger partial charge in [-0.1, -0.05) is 129 Å². The summed E-state index contributed by atoms with van der Waals surface area (Å²) in [5.74, 6) is 3.23. The van der Waals surface area contributed by atoms with Crippen LogP contribution in [0.3, 0.4) is 0 Å². The number of piperazine rings is 3. The largest absolute Gasteiger partial charge is 0.463 e. The summed E-state index contributed by atoms with van der Waals surface area (Å²) in [5, 5.41) is 7.88. The van der Waals surface area contributed by atoms with E-state index in [1.807, 2.05) is 23.1 Å². The smallest absolute Gasteiger partial charge is 0.318 e. The number of nitrogens with zero attached hydrogens (tertiary/aromatic N) is 22. The summed E-state index contributed by atoms with van der Waals surface area (Å²) in [5.41, 5.74) is 11.1. The predicted molar refractivity (Wildman–Crippen MR) is 563 cm³/mol. The summed E-state index contributed by atoms with van der Waals surface area (Å²) in [7, 11) is 4.29. The van der Waals surface area contributed by atoms with Crippen LogP contribution in [0, 0.1) is 32.6 Å². The summed E-state index contributed by atoms with van der Waals surface area (Å²) in [4.78, 5) is 109. The number of morpholine rings is 1. The summed E-state index contributed by atoms with van der Waals surface area (Å²) in [6.45, 7) is 54.0. The number of halogens is 1. The molecule has 11 aliphatic rings. The average molecular weight is 1940 g/mol. The molecule has 10 aliphatic heterocycles. The number of likely N-dealkylation sites (N-methyl/N-ethyl adjacent to an activating group) is 2. The van der Waals surface area contributed by atoms with Gasteiger partial charge < -0.3 is 87.4 Å². The fourth-order valence-electron chi connectivity index (χ4n) is 22.5. The standard InChI is InChI=1S/C37H45ClN8O3.C36H43N7O2.C33H39N7O2.CH4.2H2S/c1-39-23-29-24-45(17-18-46(29)34(47)12-6-15-43-19-21-48-22-20-43)36-30-13-16-44(33-11-4-8-27-7-3-10-31(38)35(27)33)25-32(30)40-37(41-36)49-26-28-9-5-14-42(28)2;1-4-33(44)43-18-17-42(23-29(43)21-37-3)35-30-14-16-41(32-11-6-10-27-9-5-8-25(2)34(27)32)24-31(30)38-36(39-35)45-19-7-15-40-22-26-12-13-28(40)20-26;1-5-31(41)40-19-23(2)39(20-26(40)18-34-3)32-28-15-17-38(30-14-8-11-24-10-6-7-13-27(24)30)21-29(28)35-33(36-32)42-22-25-12-9-16-37(25)4;;;/h3-4,6-8,10-12,28-29H,5,9,13-26H2,2H3;4-6,8-11,26,28-29H,1,7,12-24H2,2H3;5-8,10-11,13-14,23,25-26H,1,9,12,15-22H2,2,4H3;1H4;2*1H2/b12-6+;;;;;/t28-,29-;26-,28+,29-;23-,25-,26-;;;/m000.../s1. The summed E-state index contributed by atoms with van der Waals surface area (Å²) in [6.07, 6.45) is 18.3. The molecule has 3 amide bonds. The van der Waals surface area contributed by atoms with Gasteiger partial charge in [-0.15, -0.1) is 0 Å². The monoisotopic (exact) mass is 1940 g/mol. The average Bonchev–Trinajstić information content (AvgIpc) is 1.76. The molecule has 1 saturated carbocycles. The third-order valence-corrected chi connectivity index (χ3v) is 30.1. The fourth-order valence-corrected chi connectivity index (χ4v) is 22.7. The lowest BCUT2D eigenvalue weighted by molar-refractivity contribution is -0.129. The molecular formula is C107H135ClN22O7S2. The highest BCUT2D eigenvalue weighted by molar-refractivity contribution is 7.59. The lowest BCUT2D eigenvalue weighted by Gasteiger charge is -2.45. The van der Waals surface area contributed by atoms with E-state index in [0.717, 1.165) is 202 Å². The van der Waals surface area contributed by atoms with Crippen LogP contribution in [0.15, 0.2) is 153 Å². The number of hydrogen-bond donors (Lipinski definition) is 0. The minimum Gasteiger partial charge on any atom is -0.463 e. The third kappa shape index (κ3) is 23.0. The number of likely N-dealkylation sites (tertiary alicyclic amines) is 3. The molecule has 139 heavy (non-hydrogen) atoms. The van der Waals surface area contributed by atoms with Crippen molar-refractivity contribution in [3.8, 4) is 18.0 Å². The molecule has 3 aromatic heterocycles. The maximum absolute atomic E-state index is 13.4. The molecule has 6 aromatic carbocycles. The quantitative estimate of drug-likeness (QED) is 0.0295. The Balaban J connectivity index is 0.000000157. The Morgan fingerprint density at radius 1 is 0.504 bits per heavy atom. The van der Waals surface area contributed by atoms with E-state index in [0.29, 0.717) is 122 Å². The second kappa shape index (κ2) is 47.1. The molecule has 7 saturated heterocycles. The molecule has 1 aliphatic carbocycles. The molecular weight excluding hydrogens is 1800 g/mol. The maximum Gasteiger partial charge on any atom is 0.318 e. The van der Waals surface area contributed by atoms with Crippen molar-refractivity contribution in [3.63, 3.8) is 0 Å². The molecule has 20 rings (SSSR count). The van der Waals surface area contributed by atoms with E-state index in [2.05, 4.69) is 208 Å². The Hall–Kier alpha value is -11.6. The molecule has 734 valence electrons. The lowest BCUT2D eigenvalue weighted by atomic mass is 9.99. The van der Waals surface area contributed by atoms with Crippen molar-refractivity contribution in [3.05, 3.63) is 231 Å². The number of piperidine rings is 1. The molecule has 0 unspecified atom stereocenters. The van der Waals surface area contributed by atoms with Crippen LogP contribution in [-0.2, 0) is 58.0 Å². The first kappa shape index (κ1) is 102. The van der Waals surface area contributed by atoms with Gasteiger partial charge in [-0.3, -0.25) is 24.2 Å². The summed E-state index contributed by atoms with van der Waals surface area (Å²) in [6, 6.07) is 42.3. The molecule has 0 spiro atoms. The van der Waals surface area contributed by atoms with E-state index in [9.17, 15) is 14.4 Å². The van der Waals surface area contributed by atoms with Crippen LogP contribution in [0.5, 0.6) is 18.0 Å². The zero-order chi connectivity index (χ0) is 93.9. The Morgan fingerprint density at radius 2 is 0.993 bits per heavy atom. The van der Waals surface area contributed by atoms with E-state index in [4.69, 9.17) is 80.2 Å². The summed E-state index contributed by atoms with van der Waals surface area (Å²) < 4.78 is 24.4. The third-order valence-electron chi connectivity index (χ3n) is 29.8. The van der Waals surface area contributed by atoms with Gasteiger partial charge in [0, 0.05) is 185 Å². The first-order chi connectivity index (χ1) is 66.5. The van der Waals surface area contributed by atoms with E-state index in [1.165, 1.54) is 82.9 Å². The number of aromatic nitrogens is 6. The fraction of sp³-hybridized carbons (Fsp3) is 0.495. The van der Waals surface area contributed by atoms with Gasteiger partial charge in [-0.2, -0.15) is 56.9 Å². The number of carbonyl (C=O) groups is 3. The zero-order valence-corrected chi connectivity index (χ0v) is 82.9. The Bertz CT molecular complexity index is 6010. The van der Waals surface area contributed by atoms with Crippen molar-refractivity contribution in [2.45, 2.75) is 154 Å². The topological polar surface area (TPSA) is 221 Å². The van der Waals surface area contributed by atoms with Gasteiger partial charge in [0.05, 0.1) is 61.6 Å². The van der Waals surface area contributed by atoms with Gasteiger partial charge in [0.1, 0.15) is 48.8 Å². The molecule has 32 heteroatoms. The number of aryl methyl sites for hydroxylation is 1. The van der Waals surface area contributed by atoms with Gasteiger partial charge >= 0.3 is 18.0 Å². The van der Waals surface area contributed by atoms with Gasteiger partial charge in [0.25, 0.3) is 0 Å². The number of ether oxygens (including phenoxy) is 4. The second-order valence-electron chi connectivity index (χ2n) is 38.2. The highest BCUT2D eigenvalue weighted by Crippen LogP contribution is 2.43. The van der Waals surface area contributed by atoms with E-state index < -0.39 is 0 Å². The minimum atomic E-state index is -0.244. The number of rotatable bonds is 25. The molecule has 9 aromatic rings. The Kier molecular flexibility index (Phi) is 34.5. The minimum absolute atomic E-state index is 0. The van der Waals surface area contributed by atoms with Crippen molar-refractivity contribution >= 4 is 123 Å². The number of fused-ring (bicyclic) bond motifs is 8. The van der Waals surface area contributed by atoms with E-state index in [1.54, 1.807) is 15.9 Å². The molecule has 13 heterocycles. The highest BCUT2D eigenvalue weighted by Gasteiger charge is 2.43. The first-order valence-corrected chi connectivity index (χ1v) is 49.3. The molecule has 29 nitrogen and oxygen atoms in total. The predicted octanol–water partition coefficient (Wildman–Crippen LogP) is 14.1. The second-order valence-corrected chi connectivity index (χ2v) is 38.6. The normalized spacial score (nSPS) is 22.0. The van der Waals surface area contributed by atoms with Crippen molar-refractivity contribution in [1.29, 1.82) is 0 Å². The summed E-state index contributed by atoms with van der Waals surface area (Å²) >= 11 is 6.74. The molecule has 0 N–H and O–H groups in total. The van der Waals surface area contributed by atoms with Crippen molar-refractivity contribution < 1.29 is 33.3 Å². The van der Waals surface area contributed by atoms with Crippen LogP contribution in [0.2, 0.25) is 5.02 Å². The zero-order valence-electron chi connectivity index (χ0n) is 80.2. The van der Waals surface area contributed by atoms with Crippen LogP contribution in [0.1, 0.15) is 105 Å². The Morgan fingerprint density at radius 3 is 1.54 bits per heavy atom. The van der Waals surface area contributed by atoms with E-state index >= 15 is 0 Å². The van der Waals surface area contributed by atoms with E-state index in [-0.39, 0.29) is 95.9 Å². The van der Waals surface area contributed by atoms with Crippen molar-refractivity contribution in [2.24, 2.45) is 5.92 Å². The van der Waals surface area contributed by atoms with Crippen molar-refractivity contribution in [2.75, 3.05) is 214 Å². The molecule has 8 atom stereocenters. The van der Waals surface area contributed by atoms with Gasteiger partial charge in [-0.05, 0) is 176 Å². The van der Waals surface area contributed by atoms with Gasteiger partial charge in [-0.25, -0.2) is 19.7 Å². The van der Waals surface area contributed by atoms with Crippen LogP contribution in [0.25, 0.3) is 46.9 Å². The molecule has 0 radical (unpaired) electrons. The van der Waals surface area contributed by atoms with Crippen LogP contribution in [-0.4, -0.2) is 309 Å². The number of carbonyl (C=O) groups excluding carboxylic acids is 3. The highest BCUT2D eigenvalue weighted by atomic mass is 35.5. The number of anilines is 6. The molecule has 2 bridgehead atoms. The SMILES string of the molecule is C.S.S.[C-]#[N+]C[C@H]1CN(c2nc(OCCCN3C[C@H]4CC[C@@H]3C4)nc3c2CCN(c2cccc4cccc(C)c24)C3)CCN1C(=O)C=C.[C-]#[N+]C[C@H]1CN(c2nc(OC[C@@H]3CCCN3C)nc3c2CCN(c2cccc4cccc(Cl)c24)C3)CCN1C(=O)/C=C/CN1CCOCC1.[C-]#[N+]C[C@H]1CN(c2nc(OC[C@@H]3CCCN3C)nc3c2CCN(c2cccc4ccccc24)C3)[C@@H](C)CN1C(=O)C=C.